The molecule has 3 aromatic carbocycles. The van der Waals surface area contributed by atoms with E-state index in [9.17, 15) is 4.79 Å². The van der Waals surface area contributed by atoms with E-state index in [2.05, 4.69) is 45.0 Å². The zero-order valence-corrected chi connectivity index (χ0v) is 22.5. The van der Waals surface area contributed by atoms with Gasteiger partial charge in [-0.15, -0.1) is 0 Å². The zero-order valence-electron chi connectivity index (χ0n) is 22.5. The van der Waals surface area contributed by atoms with Crippen LogP contribution < -0.4 is 5.32 Å². The molecule has 0 radical (unpaired) electrons. The van der Waals surface area contributed by atoms with Crippen molar-refractivity contribution in [3.05, 3.63) is 88.9 Å². The number of ether oxygens (including phenoxy) is 1. The minimum absolute atomic E-state index is 0.00422. The van der Waals surface area contributed by atoms with Gasteiger partial charge in [0.05, 0.1) is 11.2 Å². The van der Waals surface area contributed by atoms with Crippen LogP contribution in [0.3, 0.4) is 0 Å². The maximum Gasteiger partial charge on any atom is 0.492 e. The summed E-state index contributed by atoms with van der Waals surface area (Å²) in [6.07, 6.45) is 1.46. The van der Waals surface area contributed by atoms with Crippen molar-refractivity contribution in [1.29, 1.82) is 0 Å². The van der Waals surface area contributed by atoms with Gasteiger partial charge < -0.3 is 19.4 Å². The van der Waals surface area contributed by atoms with Crippen LogP contribution in [0.2, 0.25) is 0 Å². The lowest BCUT2D eigenvalue weighted by Crippen LogP contribution is -2.41. The molecule has 1 aromatic heterocycles. The third-order valence-electron chi connectivity index (χ3n) is 8.03. The maximum atomic E-state index is 12.9. The number of hydrogen-bond donors (Lipinski definition) is 2. The van der Waals surface area contributed by atoms with Gasteiger partial charge in [-0.25, -0.2) is 4.79 Å². The van der Waals surface area contributed by atoms with Crippen molar-refractivity contribution in [1.82, 2.24) is 20.7 Å². The summed E-state index contributed by atoms with van der Waals surface area (Å²) < 4.78 is 18.4. The van der Waals surface area contributed by atoms with Gasteiger partial charge in [-0.1, -0.05) is 60.7 Å². The zero-order chi connectivity index (χ0) is 27.2. The summed E-state index contributed by atoms with van der Waals surface area (Å²) in [7, 11) is -0.628. The summed E-state index contributed by atoms with van der Waals surface area (Å²) in [5.41, 5.74) is 6.89. The third-order valence-corrected chi connectivity index (χ3v) is 8.03. The molecule has 1 aliphatic carbocycles. The van der Waals surface area contributed by atoms with Crippen LogP contribution >= 0.6 is 0 Å². The first-order valence-electron chi connectivity index (χ1n) is 13.2. The molecule has 1 fully saturated rings. The van der Waals surface area contributed by atoms with E-state index in [0.29, 0.717) is 0 Å². The lowest BCUT2D eigenvalue weighted by molar-refractivity contribution is 0.00578. The van der Waals surface area contributed by atoms with Crippen LogP contribution in [0.5, 0.6) is 0 Å². The lowest BCUT2D eigenvalue weighted by Gasteiger charge is -2.32. The van der Waals surface area contributed by atoms with E-state index in [1.807, 2.05) is 76.2 Å². The van der Waals surface area contributed by atoms with E-state index in [4.69, 9.17) is 14.0 Å². The number of carbonyl (C=O) groups is 1. The smallest absolute Gasteiger partial charge is 0.449 e. The molecule has 0 bridgehead atoms. The number of fused-ring (bicyclic) bond motifs is 4. The standard InChI is InChI=1S/C30H31BN4O4/c1-29(2)30(3,4)39-31(38-29)20(15-19-13-14-26-27(16-19)34-35-33-26)17-32-28(36)37-18-25-23-11-7-5-9-21(23)22-10-6-8-12-24(22)25/h5-16,25H,17-18H2,1-4H3,(H,32,36)(H,33,34,35). The van der Waals surface area contributed by atoms with E-state index in [1.54, 1.807) is 0 Å². The minimum atomic E-state index is -0.628. The molecule has 39 heavy (non-hydrogen) atoms. The van der Waals surface area contributed by atoms with E-state index < -0.39 is 24.4 Å². The molecule has 0 spiro atoms. The summed E-state index contributed by atoms with van der Waals surface area (Å²) in [5, 5.41) is 13.9. The molecule has 2 heterocycles. The SMILES string of the molecule is CC1(C)OB(C(=Cc2ccc3n[nH]nc3c2)CNC(=O)OCC2c3ccccc3-c3ccccc32)OC1(C)C. The molecule has 2 aliphatic rings. The van der Waals surface area contributed by atoms with Crippen LogP contribution in [0.1, 0.15) is 50.3 Å². The van der Waals surface area contributed by atoms with Gasteiger partial charge in [0.1, 0.15) is 17.6 Å². The fourth-order valence-corrected chi connectivity index (χ4v) is 5.18. The first-order chi connectivity index (χ1) is 18.7. The van der Waals surface area contributed by atoms with Gasteiger partial charge in [-0.3, -0.25) is 0 Å². The van der Waals surface area contributed by atoms with Crippen molar-refractivity contribution in [2.75, 3.05) is 13.2 Å². The number of rotatable bonds is 6. The van der Waals surface area contributed by atoms with E-state index in [1.165, 1.54) is 22.3 Å². The molecule has 6 rings (SSSR count). The first-order valence-corrected chi connectivity index (χ1v) is 13.2. The second-order valence-electron chi connectivity index (χ2n) is 11.1. The Bertz CT molecular complexity index is 1520. The molecule has 8 nitrogen and oxygen atoms in total. The van der Waals surface area contributed by atoms with Crippen LogP contribution in [-0.4, -0.2) is 53.0 Å². The predicted octanol–water partition coefficient (Wildman–Crippen LogP) is 5.51. The van der Waals surface area contributed by atoms with Crippen molar-refractivity contribution in [3.8, 4) is 11.1 Å². The fraction of sp³-hybridized carbons (Fsp3) is 0.300. The number of hydrogen-bond acceptors (Lipinski definition) is 6. The molecule has 0 unspecified atom stereocenters. The van der Waals surface area contributed by atoms with Gasteiger partial charge in [-0.05, 0) is 73.1 Å². The maximum absolute atomic E-state index is 12.9. The van der Waals surface area contributed by atoms with Gasteiger partial charge in [0.15, 0.2) is 0 Å². The molecule has 4 aromatic rings. The highest BCUT2D eigenvalue weighted by molar-refractivity contribution is 6.56. The fourth-order valence-electron chi connectivity index (χ4n) is 5.18. The number of amides is 1. The molecule has 1 aliphatic heterocycles. The van der Waals surface area contributed by atoms with Crippen molar-refractivity contribution >= 4 is 30.3 Å². The van der Waals surface area contributed by atoms with Crippen molar-refractivity contribution < 1.29 is 18.8 Å². The Morgan fingerprint density at radius 1 is 0.949 bits per heavy atom. The topological polar surface area (TPSA) is 98.4 Å². The Morgan fingerprint density at radius 2 is 1.56 bits per heavy atom. The summed E-state index contributed by atoms with van der Waals surface area (Å²) >= 11 is 0. The Kier molecular flexibility index (Phi) is 6.28. The Balaban J connectivity index is 1.18. The number of nitrogens with one attached hydrogen (secondary N) is 2. The third kappa shape index (κ3) is 4.73. The monoisotopic (exact) mass is 522 g/mol. The molecule has 1 amide bonds. The Morgan fingerprint density at radius 3 is 2.23 bits per heavy atom. The summed E-state index contributed by atoms with van der Waals surface area (Å²) in [6, 6.07) is 22.3. The largest absolute Gasteiger partial charge is 0.492 e. The van der Waals surface area contributed by atoms with Gasteiger partial charge in [0, 0.05) is 12.5 Å². The highest BCUT2D eigenvalue weighted by Gasteiger charge is 2.52. The normalized spacial score (nSPS) is 17.7. The van der Waals surface area contributed by atoms with Crippen molar-refractivity contribution in [2.45, 2.75) is 44.8 Å². The van der Waals surface area contributed by atoms with Crippen LogP contribution in [0.15, 0.2) is 72.2 Å². The molecular formula is C30H31BN4O4. The highest BCUT2D eigenvalue weighted by atomic mass is 16.7. The number of H-pyrrole nitrogens is 1. The number of benzene rings is 3. The molecule has 198 valence electrons. The van der Waals surface area contributed by atoms with Gasteiger partial charge >= 0.3 is 13.2 Å². The summed E-state index contributed by atoms with van der Waals surface area (Å²) in [4.78, 5) is 12.9. The van der Waals surface area contributed by atoms with Gasteiger partial charge in [-0.2, -0.15) is 15.4 Å². The summed E-state index contributed by atoms with van der Waals surface area (Å²) in [5.74, 6) is -0.00422. The quantitative estimate of drug-likeness (QED) is 0.324. The van der Waals surface area contributed by atoms with Gasteiger partial charge in [0.25, 0.3) is 0 Å². The van der Waals surface area contributed by atoms with Crippen LogP contribution in [0.4, 0.5) is 4.79 Å². The van der Waals surface area contributed by atoms with Crippen LogP contribution in [0.25, 0.3) is 28.2 Å². The van der Waals surface area contributed by atoms with E-state index in [0.717, 1.165) is 22.1 Å². The predicted molar refractivity (Wildman–Crippen MR) is 151 cm³/mol. The minimum Gasteiger partial charge on any atom is -0.449 e. The molecular weight excluding hydrogens is 491 g/mol. The lowest BCUT2D eigenvalue weighted by atomic mass is 9.77. The van der Waals surface area contributed by atoms with Crippen LogP contribution in [-0.2, 0) is 14.0 Å². The number of aromatic nitrogens is 3. The second-order valence-corrected chi connectivity index (χ2v) is 11.1. The average molecular weight is 522 g/mol. The number of nitrogens with zero attached hydrogens (tertiary/aromatic N) is 2. The average Bonchev–Trinajstić information content (AvgIpc) is 3.57. The molecule has 0 atom stereocenters. The number of alkyl carbamates (subject to hydrolysis) is 1. The molecule has 9 heteroatoms. The van der Waals surface area contributed by atoms with Crippen LogP contribution in [0, 0.1) is 0 Å². The first kappa shape index (κ1) is 25.3. The number of aromatic amines is 1. The number of carbonyl (C=O) groups excluding carboxylic acids is 1. The molecule has 2 N–H and O–H groups in total. The molecule has 1 saturated heterocycles. The Hall–Kier alpha value is -3.95. The Labute approximate surface area is 227 Å². The van der Waals surface area contributed by atoms with Crippen molar-refractivity contribution in [2.24, 2.45) is 0 Å². The van der Waals surface area contributed by atoms with Crippen molar-refractivity contribution in [3.63, 3.8) is 0 Å². The van der Waals surface area contributed by atoms with E-state index >= 15 is 0 Å². The molecule has 0 saturated carbocycles. The highest BCUT2D eigenvalue weighted by Crippen LogP contribution is 2.44. The summed E-state index contributed by atoms with van der Waals surface area (Å²) in [6.45, 7) is 8.47. The van der Waals surface area contributed by atoms with E-state index in [-0.39, 0.29) is 19.1 Å². The van der Waals surface area contributed by atoms with Gasteiger partial charge in [0.2, 0.25) is 0 Å². The second kappa shape index (κ2) is 9.66.